The van der Waals surface area contributed by atoms with Gasteiger partial charge in [0.25, 0.3) is 15.6 Å². The van der Waals surface area contributed by atoms with Gasteiger partial charge in [-0.1, -0.05) is 30.3 Å². The number of hydrogen-bond donors (Lipinski definition) is 2. The van der Waals surface area contributed by atoms with Crippen LogP contribution in [0.4, 0.5) is 5.69 Å². The fourth-order valence-corrected chi connectivity index (χ4v) is 5.40. The molecule has 0 fully saturated rings. The number of rotatable bonds is 4. The van der Waals surface area contributed by atoms with Crippen molar-refractivity contribution >= 4 is 26.6 Å². The minimum absolute atomic E-state index is 0.0251. The van der Waals surface area contributed by atoms with E-state index < -0.39 is 21.3 Å². The molecule has 1 heterocycles. The van der Waals surface area contributed by atoms with Crippen LogP contribution in [0.2, 0.25) is 0 Å². The lowest BCUT2D eigenvalue weighted by Gasteiger charge is -2.20. The molecular weight excluding hydrogens is 426 g/mol. The maximum absolute atomic E-state index is 13.2. The van der Waals surface area contributed by atoms with Gasteiger partial charge >= 0.3 is 5.69 Å². The maximum atomic E-state index is 13.2. The van der Waals surface area contributed by atoms with Crippen LogP contribution in [0.15, 0.2) is 81.2 Å². The number of benzene rings is 3. The molecule has 0 atom stereocenters. The molecule has 3 aromatic carbocycles. The number of fused-ring (bicyclic) bond motifs is 2. The number of H-pyrrole nitrogens is 1. The van der Waals surface area contributed by atoms with Crippen LogP contribution < -0.4 is 16.0 Å². The molecule has 1 aromatic heterocycles. The second-order valence-corrected chi connectivity index (χ2v) is 9.55. The SMILES string of the molecule is O=c1[nH]c2ccccc2c(=O)n1-c1cccc(S(=O)(=O)Nc2cccc3c2CCCC3)c1. The molecular formula is C24H21N3O4S. The Kier molecular flexibility index (Phi) is 4.94. The summed E-state index contributed by atoms with van der Waals surface area (Å²) < 4.78 is 30.0. The quantitative estimate of drug-likeness (QED) is 0.501. The number of nitrogens with zero attached hydrogens (tertiary/aromatic N) is 1. The molecule has 5 rings (SSSR count). The van der Waals surface area contributed by atoms with Crippen molar-refractivity contribution in [2.75, 3.05) is 4.72 Å². The summed E-state index contributed by atoms with van der Waals surface area (Å²) in [7, 11) is -3.92. The number of anilines is 1. The summed E-state index contributed by atoms with van der Waals surface area (Å²) in [5.41, 5.74) is 2.24. The predicted molar refractivity (Wildman–Crippen MR) is 124 cm³/mol. The highest BCUT2D eigenvalue weighted by Crippen LogP contribution is 2.29. The van der Waals surface area contributed by atoms with E-state index in [0.29, 0.717) is 16.6 Å². The van der Waals surface area contributed by atoms with E-state index in [1.807, 2.05) is 12.1 Å². The lowest BCUT2D eigenvalue weighted by atomic mass is 9.91. The van der Waals surface area contributed by atoms with Gasteiger partial charge in [-0.15, -0.1) is 0 Å². The summed E-state index contributed by atoms with van der Waals surface area (Å²) in [5.74, 6) is 0. The zero-order chi connectivity index (χ0) is 22.3. The van der Waals surface area contributed by atoms with E-state index in [0.717, 1.165) is 35.8 Å². The topological polar surface area (TPSA) is 101 Å². The third-order valence-electron chi connectivity index (χ3n) is 5.83. The molecule has 0 unspecified atom stereocenters. The van der Waals surface area contributed by atoms with Gasteiger partial charge in [-0.05, 0) is 73.2 Å². The number of para-hydroxylation sites is 1. The van der Waals surface area contributed by atoms with Crippen molar-refractivity contribution in [1.29, 1.82) is 0 Å². The first-order valence-electron chi connectivity index (χ1n) is 10.4. The zero-order valence-electron chi connectivity index (χ0n) is 17.2. The fraction of sp³-hybridized carbons (Fsp3) is 0.167. The van der Waals surface area contributed by atoms with Gasteiger partial charge < -0.3 is 4.98 Å². The Morgan fingerprint density at radius 3 is 2.53 bits per heavy atom. The minimum atomic E-state index is -3.92. The molecule has 7 nitrogen and oxygen atoms in total. The molecule has 32 heavy (non-hydrogen) atoms. The van der Waals surface area contributed by atoms with Gasteiger partial charge in [0, 0.05) is 0 Å². The number of aryl methyl sites for hydroxylation is 1. The van der Waals surface area contributed by atoms with Gasteiger partial charge in [-0.2, -0.15) is 0 Å². The average Bonchev–Trinajstić information content (AvgIpc) is 2.79. The number of sulfonamides is 1. The van der Waals surface area contributed by atoms with E-state index in [1.54, 1.807) is 30.3 Å². The van der Waals surface area contributed by atoms with Crippen LogP contribution in [-0.2, 0) is 22.9 Å². The molecule has 0 bridgehead atoms. The monoisotopic (exact) mass is 447 g/mol. The van der Waals surface area contributed by atoms with E-state index >= 15 is 0 Å². The molecule has 162 valence electrons. The molecule has 0 spiro atoms. The molecule has 0 saturated heterocycles. The third kappa shape index (κ3) is 3.52. The van der Waals surface area contributed by atoms with Gasteiger partial charge in [-0.25, -0.2) is 17.8 Å². The lowest BCUT2D eigenvalue weighted by molar-refractivity contribution is 0.601. The van der Waals surface area contributed by atoms with Crippen LogP contribution >= 0.6 is 0 Å². The first kappa shape index (κ1) is 20.3. The van der Waals surface area contributed by atoms with E-state index in [9.17, 15) is 18.0 Å². The van der Waals surface area contributed by atoms with Gasteiger partial charge in [0.2, 0.25) is 0 Å². The molecule has 2 N–H and O–H groups in total. The Morgan fingerprint density at radius 1 is 0.875 bits per heavy atom. The van der Waals surface area contributed by atoms with E-state index in [4.69, 9.17) is 0 Å². The highest BCUT2D eigenvalue weighted by Gasteiger charge is 2.20. The second-order valence-electron chi connectivity index (χ2n) is 7.87. The first-order chi connectivity index (χ1) is 15.4. The van der Waals surface area contributed by atoms with Crippen molar-refractivity contribution in [2.24, 2.45) is 0 Å². The number of aromatic amines is 1. The van der Waals surface area contributed by atoms with Crippen molar-refractivity contribution in [3.05, 3.63) is 98.7 Å². The summed E-state index contributed by atoms with van der Waals surface area (Å²) in [6.45, 7) is 0. The van der Waals surface area contributed by atoms with Gasteiger partial charge in [0.15, 0.2) is 0 Å². The number of nitrogens with one attached hydrogen (secondary N) is 2. The Balaban J connectivity index is 1.57. The zero-order valence-corrected chi connectivity index (χ0v) is 18.0. The molecule has 8 heteroatoms. The number of aromatic nitrogens is 2. The minimum Gasteiger partial charge on any atom is -0.306 e. The Morgan fingerprint density at radius 2 is 1.66 bits per heavy atom. The smallest absolute Gasteiger partial charge is 0.306 e. The van der Waals surface area contributed by atoms with E-state index in [2.05, 4.69) is 9.71 Å². The Hall–Kier alpha value is -3.65. The van der Waals surface area contributed by atoms with Crippen molar-refractivity contribution in [1.82, 2.24) is 9.55 Å². The molecule has 0 radical (unpaired) electrons. The Bertz CT molecular complexity index is 1570. The fourth-order valence-electron chi connectivity index (χ4n) is 4.27. The van der Waals surface area contributed by atoms with Crippen LogP contribution in [0.25, 0.3) is 16.6 Å². The largest absolute Gasteiger partial charge is 0.333 e. The van der Waals surface area contributed by atoms with Crippen molar-refractivity contribution < 1.29 is 8.42 Å². The predicted octanol–water partition coefficient (Wildman–Crippen LogP) is 3.36. The van der Waals surface area contributed by atoms with Crippen molar-refractivity contribution in [3.63, 3.8) is 0 Å². The molecule has 0 amide bonds. The summed E-state index contributed by atoms with van der Waals surface area (Å²) in [6, 6.07) is 18.2. The van der Waals surface area contributed by atoms with Gasteiger partial charge in [0.05, 0.1) is 27.2 Å². The summed E-state index contributed by atoms with van der Waals surface area (Å²) in [5, 5.41) is 0.342. The molecule has 0 aliphatic heterocycles. The van der Waals surface area contributed by atoms with Crippen LogP contribution in [-0.4, -0.2) is 18.0 Å². The second kappa shape index (κ2) is 7.80. The van der Waals surface area contributed by atoms with Gasteiger partial charge in [-0.3, -0.25) is 9.52 Å². The molecule has 1 aliphatic rings. The highest BCUT2D eigenvalue weighted by atomic mass is 32.2. The lowest BCUT2D eigenvalue weighted by Crippen LogP contribution is -2.33. The highest BCUT2D eigenvalue weighted by molar-refractivity contribution is 7.92. The molecule has 0 saturated carbocycles. The maximum Gasteiger partial charge on any atom is 0.333 e. The Labute approximate surface area is 184 Å². The summed E-state index contributed by atoms with van der Waals surface area (Å²) in [6.07, 6.45) is 3.89. The van der Waals surface area contributed by atoms with E-state index in [-0.39, 0.29) is 10.6 Å². The number of hydrogen-bond acceptors (Lipinski definition) is 4. The average molecular weight is 448 g/mol. The van der Waals surface area contributed by atoms with Crippen LogP contribution in [0.1, 0.15) is 24.0 Å². The van der Waals surface area contributed by atoms with Crippen LogP contribution in [0.3, 0.4) is 0 Å². The van der Waals surface area contributed by atoms with Crippen LogP contribution in [0, 0.1) is 0 Å². The van der Waals surface area contributed by atoms with E-state index in [1.165, 1.54) is 29.8 Å². The summed E-state index contributed by atoms with van der Waals surface area (Å²) in [4.78, 5) is 28.2. The first-order valence-corrected chi connectivity index (χ1v) is 11.9. The third-order valence-corrected chi connectivity index (χ3v) is 7.19. The standard InChI is InChI=1S/C24H21N3O4S/c28-23-20-12-3-4-13-21(20)25-24(29)27(23)17-9-6-10-18(15-17)32(30,31)26-22-14-5-8-16-7-1-2-11-19(16)22/h3-6,8-10,12-15,26H,1-2,7,11H2,(H,25,29). The normalized spacial score (nSPS) is 13.6. The molecule has 4 aromatic rings. The summed E-state index contributed by atoms with van der Waals surface area (Å²) >= 11 is 0. The van der Waals surface area contributed by atoms with Gasteiger partial charge in [0.1, 0.15) is 0 Å². The van der Waals surface area contributed by atoms with Crippen molar-refractivity contribution in [2.45, 2.75) is 30.6 Å². The molecule has 1 aliphatic carbocycles. The van der Waals surface area contributed by atoms with Crippen molar-refractivity contribution in [3.8, 4) is 5.69 Å². The van der Waals surface area contributed by atoms with Crippen LogP contribution in [0.5, 0.6) is 0 Å².